The minimum Gasteiger partial charge on any atom is -0.347 e. The van der Waals surface area contributed by atoms with Crippen molar-refractivity contribution in [3.8, 4) is 0 Å². The van der Waals surface area contributed by atoms with Crippen LogP contribution in [0.2, 0.25) is 5.02 Å². The highest BCUT2D eigenvalue weighted by molar-refractivity contribution is 9.10. The lowest BCUT2D eigenvalue weighted by Crippen LogP contribution is -2.22. The summed E-state index contributed by atoms with van der Waals surface area (Å²) in [6.45, 7) is 0.404. The van der Waals surface area contributed by atoms with Crippen molar-refractivity contribution in [1.82, 2.24) is 5.32 Å². The Bertz CT molecular complexity index is 587. The SMILES string of the molecule is O=C(NCc1sccc1Br)c1ccc(Cl)c(F)c1. The average Bonchev–Trinajstić information content (AvgIpc) is 2.75. The number of nitrogens with one attached hydrogen (secondary N) is 1. The highest BCUT2D eigenvalue weighted by atomic mass is 79.9. The van der Waals surface area contributed by atoms with E-state index in [2.05, 4.69) is 21.2 Å². The molecule has 1 N–H and O–H groups in total. The van der Waals surface area contributed by atoms with E-state index in [1.165, 1.54) is 23.5 Å². The summed E-state index contributed by atoms with van der Waals surface area (Å²) >= 11 is 10.5. The predicted octanol–water partition coefficient (Wildman–Crippen LogP) is 4.23. The van der Waals surface area contributed by atoms with Crippen LogP contribution < -0.4 is 5.32 Å². The Kier molecular flexibility index (Phi) is 4.37. The first-order chi connectivity index (χ1) is 8.58. The van der Waals surface area contributed by atoms with Crippen LogP contribution in [-0.2, 0) is 6.54 Å². The zero-order chi connectivity index (χ0) is 13.1. The van der Waals surface area contributed by atoms with Gasteiger partial charge in [-0.2, -0.15) is 0 Å². The van der Waals surface area contributed by atoms with Gasteiger partial charge in [0.25, 0.3) is 5.91 Å². The number of carbonyl (C=O) groups excluding carboxylic acids is 1. The van der Waals surface area contributed by atoms with E-state index < -0.39 is 5.82 Å². The second-order valence-corrected chi connectivity index (χ2v) is 5.77. The molecule has 0 spiro atoms. The molecule has 1 aromatic carbocycles. The summed E-state index contributed by atoms with van der Waals surface area (Å²) in [5, 5.41) is 4.65. The van der Waals surface area contributed by atoms with Gasteiger partial charge in [0, 0.05) is 14.9 Å². The molecule has 2 rings (SSSR count). The second kappa shape index (κ2) is 5.82. The summed E-state index contributed by atoms with van der Waals surface area (Å²) in [6.07, 6.45) is 0. The lowest BCUT2D eigenvalue weighted by molar-refractivity contribution is 0.0951. The Labute approximate surface area is 121 Å². The molecule has 0 unspecified atom stereocenters. The van der Waals surface area contributed by atoms with Gasteiger partial charge >= 0.3 is 0 Å². The third kappa shape index (κ3) is 3.10. The summed E-state index contributed by atoms with van der Waals surface area (Å²) in [5.41, 5.74) is 0.254. The fraction of sp³-hybridized carbons (Fsp3) is 0.0833. The van der Waals surface area contributed by atoms with Crippen LogP contribution in [0.1, 0.15) is 15.2 Å². The Morgan fingerprint density at radius 3 is 2.83 bits per heavy atom. The number of hydrogen-bond donors (Lipinski definition) is 1. The van der Waals surface area contributed by atoms with Gasteiger partial charge in [-0.15, -0.1) is 11.3 Å². The van der Waals surface area contributed by atoms with E-state index in [0.29, 0.717) is 6.54 Å². The minimum absolute atomic E-state index is 0.00699. The van der Waals surface area contributed by atoms with Crippen LogP contribution in [-0.4, -0.2) is 5.91 Å². The van der Waals surface area contributed by atoms with Crippen LogP contribution in [0.5, 0.6) is 0 Å². The second-order valence-electron chi connectivity index (χ2n) is 3.50. The van der Waals surface area contributed by atoms with Crippen LogP contribution in [0.3, 0.4) is 0 Å². The zero-order valence-corrected chi connectivity index (χ0v) is 12.2. The number of halogens is 3. The van der Waals surface area contributed by atoms with Crippen molar-refractivity contribution in [3.05, 3.63) is 55.4 Å². The highest BCUT2D eigenvalue weighted by Crippen LogP contribution is 2.22. The normalized spacial score (nSPS) is 10.4. The van der Waals surface area contributed by atoms with Crippen molar-refractivity contribution >= 4 is 44.8 Å². The van der Waals surface area contributed by atoms with Crippen molar-refractivity contribution < 1.29 is 9.18 Å². The molecule has 18 heavy (non-hydrogen) atoms. The Balaban J connectivity index is 2.04. The fourth-order valence-corrected chi connectivity index (χ4v) is 2.90. The van der Waals surface area contributed by atoms with Gasteiger partial charge in [-0.25, -0.2) is 4.39 Å². The molecule has 2 nitrogen and oxygen atoms in total. The van der Waals surface area contributed by atoms with Crippen LogP contribution in [0.25, 0.3) is 0 Å². The van der Waals surface area contributed by atoms with Crippen molar-refractivity contribution in [2.45, 2.75) is 6.54 Å². The largest absolute Gasteiger partial charge is 0.347 e. The van der Waals surface area contributed by atoms with E-state index in [1.54, 1.807) is 0 Å². The summed E-state index contributed by atoms with van der Waals surface area (Å²) < 4.78 is 14.2. The maximum absolute atomic E-state index is 13.2. The first kappa shape index (κ1) is 13.5. The standard InChI is InChI=1S/C12H8BrClFNOS/c13-8-3-4-18-11(8)6-16-12(17)7-1-2-9(14)10(15)5-7/h1-5H,6H2,(H,16,17). The molecule has 0 atom stereocenters. The molecule has 0 radical (unpaired) electrons. The summed E-state index contributed by atoms with van der Waals surface area (Å²) in [6, 6.07) is 5.90. The van der Waals surface area contributed by atoms with E-state index in [4.69, 9.17) is 11.6 Å². The molecule has 1 aromatic heterocycles. The van der Waals surface area contributed by atoms with Gasteiger partial charge in [0.15, 0.2) is 0 Å². The maximum atomic E-state index is 13.2. The number of benzene rings is 1. The van der Waals surface area contributed by atoms with Crippen LogP contribution in [0, 0.1) is 5.82 Å². The van der Waals surface area contributed by atoms with Crippen molar-refractivity contribution in [3.63, 3.8) is 0 Å². The van der Waals surface area contributed by atoms with Gasteiger partial charge < -0.3 is 5.32 Å². The first-order valence-electron chi connectivity index (χ1n) is 5.03. The number of carbonyl (C=O) groups is 1. The number of hydrogen-bond acceptors (Lipinski definition) is 2. The Morgan fingerprint density at radius 2 is 2.22 bits per heavy atom. The van der Waals surface area contributed by atoms with E-state index in [1.807, 2.05) is 11.4 Å². The van der Waals surface area contributed by atoms with Crippen LogP contribution >= 0.6 is 38.9 Å². The number of thiophene rings is 1. The molecule has 0 saturated heterocycles. The molecule has 0 bridgehead atoms. The molecule has 6 heteroatoms. The Morgan fingerprint density at radius 1 is 1.44 bits per heavy atom. The topological polar surface area (TPSA) is 29.1 Å². The molecular weight excluding hydrogens is 341 g/mol. The minimum atomic E-state index is -0.596. The van der Waals surface area contributed by atoms with Gasteiger partial charge in [0.2, 0.25) is 0 Å². The lowest BCUT2D eigenvalue weighted by atomic mass is 10.2. The molecule has 0 aliphatic rings. The number of rotatable bonds is 3. The maximum Gasteiger partial charge on any atom is 0.251 e. The molecule has 0 aliphatic carbocycles. The number of amides is 1. The summed E-state index contributed by atoms with van der Waals surface area (Å²) in [5.74, 6) is -0.924. The van der Waals surface area contributed by atoms with Crippen LogP contribution in [0.15, 0.2) is 34.1 Å². The highest BCUT2D eigenvalue weighted by Gasteiger charge is 2.09. The monoisotopic (exact) mass is 347 g/mol. The van der Waals surface area contributed by atoms with E-state index in [9.17, 15) is 9.18 Å². The fourth-order valence-electron chi connectivity index (χ4n) is 1.35. The van der Waals surface area contributed by atoms with Crippen LogP contribution in [0.4, 0.5) is 4.39 Å². The summed E-state index contributed by atoms with van der Waals surface area (Å²) in [7, 11) is 0. The Hall–Kier alpha value is -0.910. The van der Waals surface area contributed by atoms with Gasteiger partial charge in [0.05, 0.1) is 11.6 Å². The quantitative estimate of drug-likeness (QED) is 0.883. The molecule has 0 fully saturated rings. The van der Waals surface area contributed by atoms with Crippen molar-refractivity contribution in [1.29, 1.82) is 0 Å². The third-order valence-corrected chi connectivity index (χ3v) is 4.52. The average molecular weight is 349 g/mol. The molecule has 94 valence electrons. The van der Waals surface area contributed by atoms with E-state index in [0.717, 1.165) is 15.4 Å². The van der Waals surface area contributed by atoms with Gasteiger partial charge in [0.1, 0.15) is 5.82 Å². The zero-order valence-electron chi connectivity index (χ0n) is 9.04. The smallest absolute Gasteiger partial charge is 0.251 e. The molecule has 1 amide bonds. The molecule has 0 saturated carbocycles. The molecular formula is C12H8BrClFNOS. The first-order valence-corrected chi connectivity index (χ1v) is 7.08. The van der Waals surface area contributed by atoms with E-state index >= 15 is 0 Å². The predicted molar refractivity (Wildman–Crippen MR) is 74.6 cm³/mol. The third-order valence-electron chi connectivity index (χ3n) is 2.28. The molecule has 2 aromatic rings. The van der Waals surface area contributed by atoms with Gasteiger partial charge in [-0.1, -0.05) is 11.6 Å². The van der Waals surface area contributed by atoms with Crippen molar-refractivity contribution in [2.24, 2.45) is 0 Å². The lowest BCUT2D eigenvalue weighted by Gasteiger charge is -2.05. The van der Waals surface area contributed by atoms with Crippen molar-refractivity contribution in [2.75, 3.05) is 0 Å². The molecule has 1 heterocycles. The van der Waals surface area contributed by atoms with Gasteiger partial charge in [-0.05, 0) is 45.6 Å². The molecule has 0 aliphatic heterocycles. The van der Waals surface area contributed by atoms with Gasteiger partial charge in [-0.3, -0.25) is 4.79 Å². The summed E-state index contributed by atoms with van der Waals surface area (Å²) in [4.78, 5) is 12.8. The van der Waals surface area contributed by atoms with E-state index in [-0.39, 0.29) is 16.5 Å².